The lowest BCUT2D eigenvalue weighted by Crippen LogP contribution is -2.18. The van der Waals surface area contributed by atoms with E-state index in [9.17, 15) is 9.59 Å². The van der Waals surface area contributed by atoms with Crippen molar-refractivity contribution in [2.45, 2.75) is 33.1 Å². The number of carbonyl (C=O) groups is 2. The van der Waals surface area contributed by atoms with E-state index in [4.69, 9.17) is 9.47 Å². The van der Waals surface area contributed by atoms with E-state index >= 15 is 0 Å². The van der Waals surface area contributed by atoms with E-state index in [0.29, 0.717) is 16.9 Å². The van der Waals surface area contributed by atoms with Gasteiger partial charge in [-0.15, -0.1) is 0 Å². The Labute approximate surface area is 159 Å². The molecule has 0 unspecified atom stereocenters. The van der Waals surface area contributed by atoms with Crippen molar-refractivity contribution in [2.24, 2.45) is 5.10 Å². The number of hydrogen-bond donors (Lipinski definition) is 1. The molecule has 6 heteroatoms. The van der Waals surface area contributed by atoms with Gasteiger partial charge >= 0.3 is 12.1 Å². The number of carbonyl (C=O) groups excluding carboxylic acids is 2. The summed E-state index contributed by atoms with van der Waals surface area (Å²) in [5, 5.41) is 3.78. The van der Waals surface area contributed by atoms with Gasteiger partial charge in [0.15, 0.2) is 0 Å². The van der Waals surface area contributed by atoms with E-state index in [1.807, 2.05) is 12.1 Å². The van der Waals surface area contributed by atoms with E-state index in [1.54, 1.807) is 43.3 Å². The molecule has 142 valence electrons. The molecule has 0 fully saturated rings. The summed E-state index contributed by atoms with van der Waals surface area (Å²) >= 11 is 0. The number of rotatable bonds is 5. The van der Waals surface area contributed by atoms with Crippen molar-refractivity contribution in [3.8, 4) is 5.75 Å². The number of hydrogen-bond acceptors (Lipinski definition) is 5. The molecule has 0 radical (unpaired) electrons. The number of hydrazone groups is 1. The van der Waals surface area contributed by atoms with Gasteiger partial charge in [0.25, 0.3) is 0 Å². The monoisotopic (exact) mass is 368 g/mol. The fourth-order valence-electron chi connectivity index (χ4n) is 2.25. The highest BCUT2D eigenvalue weighted by molar-refractivity contribution is 5.91. The van der Waals surface area contributed by atoms with Crippen molar-refractivity contribution in [2.75, 3.05) is 6.61 Å². The van der Waals surface area contributed by atoms with Crippen molar-refractivity contribution >= 4 is 18.3 Å². The maximum atomic E-state index is 12.3. The van der Waals surface area contributed by atoms with Crippen molar-refractivity contribution in [3.05, 3.63) is 65.2 Å². The minimum Gasteiger partial charge on any atom is -0.449 e. The Morgan fingerprint density at radius 1 is 1.11 bits per heavy atom. The molecular formula is C21H24N2O4. The zero-order chi connectivity index (χ0) is 19.9. The molecule has 2 aromatic rings. The molecule has 0 aliphatic rings. The third kappa shape index (κ3) is 6.26. The Morgan fingerprint density at radius 2 is 1.81 bits per heavy atom. The lowest BCUT2D eigenvalue weighted by Gasteiger charge is -2.18. The number of nitrogens with zero attached hydrogens (tertiary/aromatic N) is 1. The van der Waals surface area contributed by atoms with Crippen LogP contribution in [0, 0.1) is 0 Å². The van der Waals surface area contributed by atoms with Gasteiger partial charge in [-0.3, -0.25) is 0 Å². The SMILES string of the molecule is CCOC(=O)N/N=C/c1cccc(OC(=O)c2ccc(C(C)(C)C)cc2)c1. The first-order valence-electron chi connectivity index (χ1n) is 8.68. The van der Waals surface area contributed by atoms with Gasteiger partial charge in [0.05, 0.1) is 18.4 Å². The van der Waals surface area contributed by atoms with Gasteiger partial charge in [0.2, 0.25) is 0 Å². The fraction of sp³-hybridized carbons (Fsp3) is 0.286. The third-order valence-electron chi connectivity index (χ3n) is 3.70. The highest BCUT2D eigenvalue weighted by Gasteiger charge is 2.15. The van der Waals surface area contributed by atoms with Crippen LogP contribution in [0.2, 0.25) is 0 Å². The molecule has 0 aliphatic carbocycles. The van der Waals surface area contributed by atoms with Crippen molar-refractivity contribution in [1.82, 2.24) is 5.43 Å². The van der Waals surface area contributed by atoms with Crippen molar-refractivity contribution in [1.29, 1.82) is 0 Å². The van der Waals surface area contributed by atoms with Crippen LogP contribution in [-0.2, 0) is 10.2 Å². The summed E-state index contributed by atoms with van der Waals surface area (Å²) < 4.78 is 10.1. The lowest BCUT2D eigenvalue weighted by molar-refractivity contribution is 0.0734. The van der Waals surface area contributed by atoms with E-state index < -0.39 is 12.1 Å². The summed E-state index contributed by atoms with van der Waals surface area (Å²) in [5.41, 5.74) is 4.55. The summed E-state index contributed by atoms with van der Waals surface area (Å²) in [4.78, 5) is 23.5. The first kappa shape index (κ1) is 20.2. The number of amides is 1. The highest BCUT2D eigenvalue weighted by atomic mass is 16.6. The van der Waals surface area contributed by atoms with Gasteiger partial charge in [-0.1, -0.05) is 45.0 Å². The van der Waals surface area contributed by atoms with E-state index in [1.165, 1.54) is 6.21 Å². The van der Waals surface area contributed by atoms with Gasteiger partial charge in [0, 0.05) is 0 Å². The quantitative estimate of drug-likeness (QED) is 0.370. The van der Waals surface area contributed by atoms with Crippen molar-refractivity contribution in [3.63, 3.8) is 0 Å². The van der Waals surface area contributed by atoms with E-state index in [-0.39, 0.29) is 12.0 Å². The van der Waals surface area contributed by atoms with Gasteiger partial charge in [-0.2, -0.15) is 5.10 Å². The summed E-state index contributed by atoms with van der Waals surface area (Å²) in [6.07, 6.45) is 0.807. The smallest absolute Gasteiger partial charge is 0.427 e. The maximum absolute atomic E-state index is 12.3. The second-order valence-electron chi connectivity index (χ2n) is 6.88. The summed E-state index contributed by atoms with van der Waals surface area (Å²) in [6, 6.07) is 14.2. The summed E-state index contributed by atoms with van der Waals surface area (Å²) in [5.74, 6) is -0.0471. The maximum Gasteiger partial charge on any atom is 0.427 e. The largest absolute Gasteiger partial charge is 0.449 e. The van der Waals surface area contributed by atoms with Gasteiger partial charge in [-0.25, -0.2) is 15.0 Å². The van der Waals surface area contributed by atoms with Crippen LogP contribution in [0.3, 0.4) is 0 Å². The first-order valence-corrected chi connectivity index (χ1v) is 8.68. The number of ether oxygens (including phenoxy) is 2. The number of esters is 1. The zero-order valence-corrected chi connectivity index (χ0v) is 16.0. The van der Waals surface area contributed by atoms with Crippen LogP contribution in [0.1, 0.15) is 49.2 Å². The molecule has 1 N–H and O–H groups in total. The Hall–Kier alpha value is -3.15. The predicted molar refractivity (Wildman–Crippen MR) is 104 cm³/mol. The minimum atomic E-state index is -0.630. The Morgan fingerprint density at radius 3 is 2.44 bits per heavy atom. The highest BCUT2D eigenvalue weighted by Crippen LogP contribution is 2.22. The third-order valence-corrected chi connectivity index (χ3v) is 3.70. The first-order chi connectivity index (χ1) is 12.8. The van der Waals surface area contributed by atoms with Crippen LogP contribution in [0.4, 0.5) is 4.79 Å². The van der Waals surface area contributed by atoms with Crippen LogP contribution >= 0.6 is 0 Å². The minimum absolute atomic E-state index is 0.0215. The second-order valence-corrected chi connectivity index (χ2v) is 6.88. The number of nitrogens with one attached hydrogen (secondary N) is 1. The molecule has 0 saturated carbocycles. The van der Waals surface area contributed by atoms with Crippen LogP contribution in [0.5, 0.6) is 5.75 Å². The Kier molecular flexibility index (Phi) is 6.71. The lowest BCUT2D eigenvalue weighted by atomic mass is 9.87. The topological polar surface area (TPSA) is 77.0 Å². The van der Waals surface area contributed by atoms with Crippen LogP contribution in [0.25, 0.3) is 0 Å². The average molecular weight is 368 g/mol. The molecule has 27 heavy (non-hydrogen) atoms. The van der Waals surface area contributed by atoms with Crippen molar-refractivity contribution < 1.29 is 19.1 Å². The van der Waals surface area contributed by atoms with Gasteiger partial charge < -0.3 is 9.47 Å². The summed E-state index contributed by atoms with van der Waals surface area (Å²) in [6.45, 7) is 8.32. The van der Waals surface area contributed by atoms with E-state index in [0.717, 1.165) is 5.56 Å². The fourth-order valence-corrected chi connectivity index (χ4v) is 2.25. The molecule has 1 amide bonds. The Bertz CT molecular complexity index is 821. The zero-order valence-electron chi connectivity index (χ0n) is 16.0. The predicted octanol–water partition coefficient (Wildman–Crippen LogP) is 4.28. The molecule has 6 nitrogen and oxygen atoms in total. The molecule has 0 aliphatic heterocycles. The van der Waals surface area contributed by atoms with Gasteiger partial charge in [-0.05, 0) is 47.7 Å². The van der Waals surface area contributed by atoms with Crippen LogP contribution in [0.15, 0.2) is 53.6 Å². The van der Waals surface area contributed by atoms with Crippen LogP contribution < -0.4 is 10.2 Å². The average Bonchev–Trinajstić information content (AvgIpc) is 2.61. The summed E-state index contributed by atoms with van der Waals surface area (Å²) in [7, 11) is 0. The van der Waals surface area contributed by atoms with Crippen LogP contribution in [-0.4, -0.2) is 24.9 Å². The molecule has 0 atom stereocenters. The van der Waals surface area contributed by atoms with Gasteiger partial charge in [0.1, 0.15) is 5.75 Å². The second kappa shape index (κ2) is 8.98. The van der Waals surface area contributed by atoms with E-state index in [2.05, 4.69) is 31.3 Å². The standard InChI is InChI=1S/C21H24N2O4/c1-5-26-20(25)23-22-14-15-7-6-8-18(13-15)27-19(24)16-9-11-17(12-10-16)21(2,3)4/h6-14H,5H2,1-4H3,(H,23,25)/b22-14+. The molecular weight excluding hydrogens is 344 g/mol. The molecule has 0 spiro atoms. The molecule has 0 bridgehead atoms. The molecule has 2 rings (SSSR count). The molecule has 0 saturated heterocycles. The Balaban J connectivity index is 2.02. The molecule has 0 aromatic heterocycles. The molecule has 2 aromatic carbocycles. The normalized spacial score (nSPS) is 11.3. The number of benzene rings is 2. The molecule has 0 heterocycles.